The first-order chi connectivity index (χ1) is 15.4. The Kier molecular flexibility index (Phi) is 6.00. The number of anilines is 1. The van der Waals surface area contributed by atoms with Crippen molar-refractivity contribution in [1.82, 2.24) is 20.1 Å². The molecular formula is C23H21N5O3S. The standard InChI is InChI=1S/C23H21N5O3S/c1-17-4-2-3-5-22(17)27-32(30,31)21-12-8-19(9-13-21)23(29)25-14-18-6-10-20(11-7-18)28-16-24-15-26-28/h2-13,15-16,27H,14H2,1H3,(H,25,29). The molecular weight excluding hydrogens is 426 g/mol. The van der Waals surface area contributed by atoms with Gasteiger partial charge >= 0.3 is 0 Å². The van der Waals surface area contributed by atoms with Crippen LogP contribution in [0.1, 0.15) is 21.5 Å². The lowest BCUT2D eigenvalue weighted by atomic mass is 10.2. The van der Waals surface area contributed by atoms with Crippen molar-refractivity contribution in [3.63, 3.8) is 0 Å². The van der Waals surface area contributed by atoms with Gasteiger partial charge in [-0.3, -0.25) is 9.52 Å². The van der Waals surface area contributed by atoms with Crippen LogP contribution in [0.15, 0.2) is 90.3 Å². The van der Waals surface area contributed by atoms with Crippen molar-refractivity contribution in [3.8, 4) is 5.69 Å². The third-order valence-electron chi connectivity index (χ3n) is 4.89. The number of carbonyl (C=O) groups excluding carboxylic acids is 1. The highest BCUT2D eigenvalue weighted by molar-refractivity contribution is 7.92. The van der Waals surface area contributed by atoms with Gasteiger partial charge in [-0.15, -0.1) is 0 Å². The number of rotatable bonds is 7. The minimum Gasteiger partial charge on any atom is -0.348 e. The molecule has 1 amide bonds. The Morgan fingerprint density at radius 3 is 2.34 bits per heavy atom. The average molecular weight is 448 g/mol. The highest BCUT2D eigenvalue weighted by atomic mass is 32.2. The molecule has 1 aromatic heterocycles. The van der Waals surface area contributed by atoms with Crippen LogP contribution in [0.4, 0.5) is 5.69 Å². The molecule has 4 rings (SSSR count). The van der Waals surface area contributed by atoms with Crippen LogP contribution in [0.25, 0.3) is 5.69 Å². The van der Waals surface area contributed by atoms with E-state index in [9.17, 15) is 13.2 Å². The van der Waals surface area contributed by atoms with Crippen LogP contribution < -0.4 is 10.0 Å². The summed E-state index contributed by atoms with van der Waals surface area (Å²) in [5.41, 5.74) is 3.50. The normalized spacial score (nSPS) is 11.2. The van der Waals surface area contributed by atoms with E-state index in [-0.39, 0.29) is 10.8 Å². The van der Waals surface area contributed by atoms with Gasteiger partial charge in [-0.1, -0.05) is 30.3 Å². The van der Waals surface area contributed by atoms with E-state index in [1.165, 1.54) is 30.6 Å². The van der Waals surface area contributed by atoms with E-state index in [1.54, 1.807) is 23.1 Å². The second-order valence-electron chi connectivity index (χ2n) is 7.13. The molecule has 0 atom stereocenters. The first-order valence-electron chi connectivity index (χ1n) is 9.83. The number of hydrogen-bond donors (Lipinski definition) is 2. The lowest BCUT2D eigenvalue weighted by Crippen LogP contribution is -2.23. The molecule has 0 saturated heterocycles. The van der Waals surface area contributed by atoms with Crippen LogP contribution in [0.3, 0.4) is 0 Å². The molecule has 0 aliphatic heterocycles. The summed E-state index contributed by atoms with van der Waals surface area (Å²) in [6.07, 6.45) is 3.07. The van der Waals surface area contributed by atoms with Gasteiger partial charge < -0.3 is 5.32 Å². The van der Waals surface area contributed by atoms with Crippen molar-refractivity contribution >= 4 is 21.6 Å². The first-order valence-corrected chi connectivity index (χ1v) is 11.3. The zero-order valence-electron chi connectivity index (χ0n) is 17.3. The SMILES string of the molecule is Cc1ccccc1NS(=O)(=O)c1ccc(C(=O)NCc2ccc(-n3cncn3)cc2)cc1. The van der Waals surface area contributed by atoms with Gasteiger partial charge in [0.1, 0.15) is 12.7 Å². The van der Waals surface area contributed by atoms with Crippen LogP contribution >= 0.6 is 0 Å². The van der Waals surface area contributed by atoms with Gasteiger partial charge in [-0.05, 0) is 60.5 Å². The van der Waals surface area contributed by atoms with Crippen LogP contribution in [0.2, 0.25) is 0 Å². The van der Waals surface area contributed by atoms with Crippen molar-refractivity contribution in [3.05, 3.63) is 102 Å². The Morgan fingerprint density at radius 1 is 0.969 bits per heavy atom. The van der Waals surface area contributed by atoms with Crippen LogP contribution in [0, 0.1) is 6.92 Å². The Balaban J connectivity index is 1.38. The van der Waals surface area contributed by atoms with Gasteiger partial charge in [0.25, 0.3) is 15.9 Å². The highest BCUT2D eigenvalue weighted by Crippen LogP contribution is 2.19. The summed E-state index contributed by atoms with van der Waals surface area (Å²) in [4.78, 5) is 16.5. The number of benzene rings is 3. The summed E-state index contributed by atoms with van der Waals surface area (Å²) >= 11 is 0. The Bertz CT molecular complexity index is 1320. The number of carbonyl (C=O) groups is 1. The third-order valence-corrected chi connectivity index (χ3v) is 6.27. The summed E-state index contributed by atoms with van der Waals surface area (Å²) in [5.74, 6) is -0.291. The monoisotopic (exact) mass is 447 g/mol. The number of para-hydroxylation sites is 1. The van der Waals surface area contributed by atoms with Gasteiger partial charge in [-0.2, -0.15) is 5.10 Å². The van der Waals surface area contributed by atoms with Crippen LogP contribution in [-0.4, -0.2) is 29.1 Å². The summed E-state index contributed by atoms with van der Waals surface area (Å²) in [6.45, 7) is 2.17. The van der Waals surface area contributed by atoms with Crippen LogP contribution in [-0.2, 0) is 16.6 Å². The van der Waals surface area contributed by atoms with Crippen molar-refractivity contribution < 1.29 is 13.2 Å². The molecule has 8 nitrogen and oxygen atoms in total. The molecule has 0 radical (unpaired) electrons. The highest BCUT2D eigenvalue weighted by Gasteiger charge is 2.16. The van der Waals surface area contributed by atoms with E-state index in [2.05, 4.69) is 20.1 Å². The van der Waals surface area contributed by atoms with E-state index < -0.39 is 10.0 Å². The van der Waals surface area contributed by atoms with E-state index >= 15 is 0 Å². The number of amides is 1. The first kappa shape index (κ1) is 21.3. The summed E-state index contributed by atoms with van der Waals surface area (Å²) < 4.78 is 29.5. The zero-order chi connectivity index (χ0) is 22.6. The van der Waals surface area contributed by atoms with Crippen molar-refractivity contribution in [1.29, 1.82) is 0 Å². The van der Waals surface area contributed by atoms with Crippen molar-refractivity contribution in [2.75, 3.05) is 4.72 Å². The van der Waals surface area contributed by atoms with E-state index in [0.29, 0.717) is 17.8 Å². The van der Waals surface area contributed by atoms with Crippen molar-refractivity contribution in [2.24, 2.45) is 0 Å². The molecule has 4 aromatic rings. The number of aromatic nitrogens is 3. The van der Waals surface area contributed by atoms with Gasteiger partial charge in [-0.25, -0.2) is 18.1 Å². The molecule has 2 N–H and O–H groups in total. The predicted molar refractivity (Wildman–Crippen MR) is 121 cm³/mol. The van der Waals surface area contributed by atoms with Crippen LogP contribution in [0.5, 0.6) is 0 Å². The molecule has 0 saturated carbocycles. The van der Waals surface area contributed by atoms with Crippen molar-refractivity contribution in [2.45, 2.75) is 18.4 Å². The number of nitrogens with one attached hydrogen (secondary N) is 2. The number of hydrogen-bond acceptors (Lipinski definition) is 5. The number of nitrogens with zero attached hydrogens (tertiary/aromatic N) is 3. The maximum Gasteiger partial charge on any atom is 0.261 e. The molecule has 0 bridgehead atoms. The second kappa shape index (κ2) is 9.03. The quantitative estimate of drug-likeness (QED) is 0.452. The van der Waals surface area contributed by atoms with Gasteiger partial charge in [0.15, 0.2) is 0 Å². The molecule has 0 aliphatic rings. The van der Waals surface area contributed by atoms with E-state index in [4.69, 9.17) is 0 Å². The summed E-state index contributed by atoms with van der Waals surface area (Å²) in [7, 11) is -3.75. The molecule has 0 spiro atoms. The fraction of sp³-hybridized carbons (Fsp3) is 0.0870. The number of aryl methyl sites for hydroxylation is 1. The third kappa shape index (κ3) is 4.84. The van der Waals surface area contributed by atoms with Gasteiger partial charge in [0, 0.05) is 12.1 Å². The Morgan fingerprint density at radius 2 is 1.69 bits per heavy atom. The minimum absolute atomic E-state index is 0.0843. The molecule has 9 heteroatoms. The topological polar surface area (TPSA) is 106 Å². The number of sulfonamides is 1. The molecule has 3 aromatic carbocycles. The Hall–Kier alpha value is -3.98. The van der Waals surface area contributed by atoms with E-state index in [1.807, 2.05) is 43.3 Å². The molecule has 32 heavy (non-hydrogen) atoms. The van der Waals surface area contributed by atoms with Gasteiger partial charge in [0.05, 0.1) is 16.3 Å². The Labute approximate surface area is 186 Å². The largest absolute Gasteiger partial charge is 0.348 e. The maximum atomic E-state index is 12.6. The minimum atomic E-state index is -3.75. The predicted octanol–water partition coefficient (Wildman–Crippen LogP) is 3.31. The second-order valence-corrected chi connectivity index (χ2v) is 8.82. The fourth-order valence-electron chi connectivity index (χ4n) is 3.07. The molecule has 1 heterocycles. The lowest BCUT2D eigenvalue weighted by molar-refractivity contribution is 0.0951. The molecule has 162 valence electrons. The zero-order valence-corrected chi connectivity index (χ0v) is 18.1. The molecule has 0 fully saturated rings. The molecule has 0 aliphatic carbocycles. The maximum absolute atomic E-state index is 12.6. The fourth-order valence-corrected chi connectivity index (χ4v) is 4.20. The van der Waals surface area contributed by atoms with Gasteiger partial charge in [0.2, 0.25) is 0 Å². The molecule has 0 unspecified atom stereocenters. The van der Waals surface area contributed by atoms with E-state index in [0.717, 1.165) is 16.8 Å². The summed E-state index contributed by atoms with van der Waals surface area (Å²) in [6, 6.07) is 20.5. The smallest absolute Gasteiger partial charge is 0.261 e. The lowest BCUT2D eigenvalue weighted by Gasteiger charge is -2.11. The summed E-state index contributed by atoms with van der Waals surface area (Å²) in [5, 5.41) is 6.91. The average Bonchev–Trinajstić information content (AvgIpc) is 3.34.